The van der Waals surface area contributed by atoms with Crippen LogP contribution in [0.25, 0.3) is 0 Å². The zero-order valence-electron chi connectivity index (χ0n) is 13.0. The molecule has 1 saturated carbocycles. The van der Waals surface area contributed by atoms with E-state index in [1.54, 1.807) is 7.11 Å². The molecule has 3 nitrogen and oxygen atoms in total. The minimum Gasteiger partial charge on any atom is -0.547 e. The van der Waals surface area contributed by atoms with E-state index in [9.17, 15) is 0 Å². The lowest BCUT2D eigenvalue weighted by molar-refractivity contribution is -0.0453. The predicted octanol–water partition coefficient (Wildman–Crippen LogP) is 3.41. The Morgan fingerprint density at radius 3 is 2.65 bits per heavy atom. The first-order valence-electron chi connectivity index (χ1n) is 7.65. The first-order valence-corrected chi connectivity index (χ1v) is 11.1. The summed E-state index contributed by atoms with van der Waals surface area (Å²) in [5, 5.41) is 0. The van der Waals surface area contributed by atoms with Crippen LogP contribution < -0.4 is 0 Å². The van der Waals surface area contributed by atoms with Gasteiger partial charge in [-0.05, 0) is 49.9 Å². The van der Waals surface area contributed by atoms with Crippen molar-refractivity contribution in [1.82, 2.24) is 0 Å². The monoisotopic (exact) mass is 294 g/mol. The number of hydrogen-bond donors (Lipinski definition) is 0. The van der Waals surface area contributed by atoms with E-state index < -0.39 is 8.32 Å². The van der Waals surface area contributed by atoms with Crippen molar-refractivity contribution in [1.29, 1.82) is 0 Å². The first kappa shape index (κ1) is 14.4. The van der Waals surface area contributed by atoms with Crippen LogP contribution >= 0.6 is 0 Å². The molecule has 1 fully saturated rings. The van der Waals surface area contributed by atoms with Crippen LogP contribution in [0.5, 0.6) is 0 Å². The zero-order valence-corrected chi connectivity index (χ0v) is 14.0. The summed E-state index contributed by atoms with van der Waals surface area (Å²) in [7, 11) is 0.139. The van der Waals surface area contributed by atoms with Crippen molar-refractivity contribution in [3.63, 3.8) is 0 Å². The smallest absolute Gasteiger partial charge is 0.241 e. The Morgan fingerprint density at radius 1 is 1.20 bits per heavy atom. The lowest BCUT2D eigenvalue weighted by atomic mass is 9.80. The highest BCUT2D eigenvalue weighted by Gasteiger charge is 2.53. The molecule has 0 amide bonds. The molecule has 3 rings (SSSR count). The third-order valence-corrected chi connectivity index (χ3v) is 5.51. The van der Waals surface area contributed by atoms with Crippen LogP contribution in [0.3, 0.4) is 0 Å². The molecule has 0 heterocycles. The number of allylic oxidation sites excluding steroid dienone is 3. The number of fused-ring (bicyclic) bond motifs is 5. The fourth-order valence-corrected chi connectivity index (χ4v) is 5.07. The summed E-state index contributed by atoms with van der Waals surface area (Å²) in [6, 6.07) is 0. The number of rotatable bonds is 6. The second kappa shape index (κ2) is 5.32. The van der Waals surface area contributed by atoms with Gasteiger partial charge in [-0.25, -0.2) is 0 Å². The summed E-state index contributed by atoms with van der Waals surface area (Å²) in [6.07, 6.45) is 8.49. The van der Waals surface area contributed by atoms with E-state index in [0.29, 0.717) is 30.5 Å². The van der Waals surface area contributed by atoms with Crippen molar-refractivity contribution in [2.24, 2.45) is 29.6 Å². The van der Waals surface area contributed by atoms with Crippen molar-refractivity contribution >= 4 is 8.32 Å². The largest absolute Gasteiger partial charge is 0.547 e. The quantitative estimate of drug-likeness (QED) is 0.325. The summed E-state index contributed by atoms with van der Waals surface area (Å²) in [6.45, 7) is 7.93. The van der Waals surface area contributed by atoms with E-state index in [4.69, 9.17) is 13.9 Å². The predicted molar refractivity (Wildman–Crippen MR) is 81.5 cm³/mol. The summed E-state index contributed by atoms with van der Waals surface area (Å²) >= 11 is 0. The molecule has 0 radical (unpaired) electrons. The minimum atomic E-state index is -1.54. The molecule has 4 heteroatoms. The number of methoxy groups -OCH3 is 1. The van der Waals surface area contributed by atoms with Gasteiger partial charge in [-0.3, -0.25) is 0 Å². The van der Waals surface area contributed by atoms with Gasteiger partial charge in [-0.15, -0.1) is 0 Å². The van der Waals surface area contributed by atoms with Crippen LogP contribution in [0.4, 0.5) is 0 Å². The molecule has 0 saturated heterocycles. The van der Waals surface area contributed by atoms with Gasteiger partial charge in [0.1, 0.15) is 6.79 Å². The molecule has 0 aliphatic heterocycles. The molecule has 2 bridgehead atoms. The summed E-state index contributed by atoms with van der Waals surface area (Å²) in [4.78, 5) is 0. The van der Waals surface area contributed by atoms with Crippen molar-refractivity contribution in [3.8, 4) is 0 Å². The SMILES string of the molecule is COCOC[C@H]1C=C(O[Si](C)(C)C)[C@H]2[C@@H]1[C@H]1C=C[C@@H]2C1. The van der Waals surface area contributed by atoms with Gasteiger partial charge in [0.05, 0.1) is 12.4 Å². The molecule has 0 N–H and O–H groups in total. The van der Waals surface area contributed by atoms with E-state index in [1.807, 2.05) is 0 Å². The lowest BCUT2D eigenvalue weighted by Gasteiger charge is -2.30. The highest BCUT2D eigenvalue weighted by Crippen LogP contribution is 2.58. The molecule has 0 aromatic rings. The average molecular weight is 294 g/mol. The minimum absolute atomic E-state index is 0.385. The van der Waals surface area contributed by atoms with Gasteiger partial charge in [0, 0.05) is 18.9 Å². The molecule has 0 spiro atoms. The second-order valence-electron chi connectivity index (χ2n) is 7.28. The second-order valence-corrected chi connectivity index (χ2v) is 11.7. The topological polar surface area (TPSA) is 27.7 Å². The molecular weight excluding hydrogens is 268 g/mol. The highest BCUT2D eigenvalue weighted by molar-refractivity contribution is 6.70. The van der Waals surface area contributed by atoms with Crippen LogP contribution in [0, 0.1) is 29.6 Å². The summed E-state index contributed by atoms with van der Waals surface area (Å²) in [5.41, 5.74) is 0. The summed E-state index contributed by atoms with van der Waals surface area (Å²) < 4.78 is 17.0. The van der Waals surface area contributed by atoms with Crippen LogP contribution in [-0.2, 0) is 13.9 Å². The molecule has 20 heavy (non-hydrogen) atoms. The van der Waals surface area contributed by atoms with E-state index in [-0.39, 0.29) is 0 Å². The fraction of sp³-hybridized carbons (Fsp3) is 0.750. The Hall–Kier alpha value is -0.583. The number of ether oxygens (including phenoxy) is 2. The van der Waals surface area contributed by atoms with Gasteiger partial charge in [-0.2, -0.15) is 0 Å². The fourth-order valence-electron chi connectivity index (χ4n) is 4.16. The van der Waals surface area contributed by atoms with Gasteiger partial charge in [0.2, 0.25) is 8.32 Å². The van der Waals surface area contributed by atoms with E-state index in [0.717, 1.165) is 12.5 Å². The molecular formula is C16H26O3Si. The molecule has 5 atom stereocenters. The molecule has 3 aliphatic rings. The lowest BCUT2D eigenvalue weighted by Crippen LogP contribution is -2.29. The Labute approximate surface area is 123 Å². The Balaban J connectivity index is 1.75. The molecule has 112 valence electrons. The maximum Gasteiger partial charge on any atom is 0.241 e. The molecule has 0 unspecified atom stereocenters. The van der Waals surface area contributed by atoms with E-state index in [1.165, 1.54) is 12.2 Å². The van der Waals surface area contributed by atoms with Crippen molar-refractivity contribution in [3.05, 3.63) is 24.0 Å². The zero-order chi connectivity index (χ0) is 14.3. The molecule has 3 aliphatic carbocycles. The first-order chi connectivity index (χ1) is 9.49. The van der Waals surface area contributed by atoms with Crippen molar-refractivity contribution in [2.45, 2.75) is 26.1 Å². The maximum atomic E-state index is 6.38. The highest BCUT2D eigenvalue weighted by atomic mass is 28.4. The Kier molecular flexibility index (Phi) is 3.82. The van der Waals surface area contributed by atoms with Gasteiger partial charge >= 0.3 is 0 Å². The summed E-state index contributed by atoms with van der Waals surface area (Å²) in [5.74, 6) is 4.46. The van der Waals surface area contributed by atoms with Gasteiger partial charge < -0.3 is 13.9 Å². The van der Waals surface area contributed by atoms with Crippen LogP contribution in [0.15, 0.2) is 24.0 Å². The number of hydrogen-bond acceptors (Lipinski definition) is 3. The van der Waals surface area contributed by atoms with E-state index in [2.05, 4.69) is 37.9 Å². The van der Waals surface area contributed by atoms with Gasteiger partial charge in [0.25, 0.3) is 0 Å². The van der Waals surface area contributed by atoms with Gasteiger partial charge in [-0.1, -0.05) is 12.2 Å². The third-order valence-electron chi connectivity index (χ3n) is 4.66. The normalized spacial score (nSPS) is 38.2. The Bertz CT molecular complexity index is 424. The average Bonchev–Trinajstić information content (AvgIpc) is 3.01. The molecule has 0 aromatic carbocycles. The van der Waals surface area contributed by atoms with Crippen LogP contribution in [0.1, 0.15) is 6.42 Å². The molecule has 0 aromatic heterocycles. The van der Waals surface area contributed by atoms with E-state index >= 15 is 0 Å². The maximum absolute atomic E-state index is 6.38. The third kappa shape index (κ3) is 2.61. The van der Waals surface area contributed by atoms with Crippen molar-refractivity contribution < 1.29 is 13.9 Å². The van der Waals surface area contributed by atoms with Crippen molar-refractivity contribution in [2.75, 3.05) is 20.5 Å². The standard InChI is InChI=1S/C16H26O3Si/c1-17-10-18-9-13-8-14(19-20(2,3)4)16-12-6-5-11(7-12)15(13)16/h5-6,8,11-13,15-16H,7,9-10H2,1-4H3/t11-,12+,13+,15+,16-/m0/s1. The van der Waals surface area contributed by atoms with Crippen LogP contribution in [-0.4, -0.2) is 28.8 Å². The van der Waals surface area contributed by atoms with Crippen LogP contribution in [0.2, 0.25) is 19.6 Å². The van der Waals surface area contributed by atoms with Gasteiger partial charge in [0.15, 0.2) is 0 Å². The Morgan fingerprint density at radius 2 is 1.95 bits per heavy atom.